The van der Waals surface area contributed by atoms with Crippen LogP contribution in [0.4, 0.5) is 10.8 Å². The summed E-state index contributed by atoms with van der Waals surface area (Å²) < 4.78 is 0. The molecule has 3 aliphatic rings. The van der Waals surface area contributed by atoms with Crippen LogP contribution in [-0.2, 0) is 17.8 Å². The summed E-state index contributed by atoms with van der Waals surface area (Å²) in [6.45, 7) is 4.38. The van der Waals surface area contributed by atoms with Gasteiger partial charge >= 0.3 is 0 Å². The maximum Gasteiger partial charge on any atom is 0.257 e. The first-order chi connectivity index (χ1) is 13.5. The second-order valence-corrected chi connectivity index (χ2v) is 9.07. The number of rotatable bonds is 3. The zero-order valence-corrected chi connectivity index (χ0v) is 17.0. The summed E-state index contributed by atoms with van der Waals surface area (Å²) in [5.41, 5.74) is 2.82. The Bertz CT molecular complexity index is 968. The molecule has 0 spiro atoms. The van der Waals surface area contributed by atoms with Gasteiger partial charge in [-0.3, -0.25) is 9.59 Å². The molecule has 0 unspecified atom stereocenters. The summed E-state index contributed by atoms with van der Waals surface area (Å²) in [6.07, 6.45) is 4.73. The standard InChI is InChI=1S/C20H23N5O2S/c1-12-7-16(22-11-21-12)24-6-5-14-15(9-24)28-20-18(14)19(27)23(2)10-17(26)25(20)8-13-3-4-13/h7,11,13H,3-6,8-10H2,1-2H3. The van der Waals surface area contributed by atoms with Crippen LogP contribution in [-0.4, -0.2) is 53.4 Å². The van der Waals surface area contributed by atoms with E-state index in [1.165, 1.54) is 17.7 Å². The Hall–Kier alpha value is -2.48. The van der Waals surface area contributed by atoms with Crippen molar-refractivity contribution in [3.63, 3.8) is 0 Å². The summed E-state index contributed by atoms with van der Waals surface area (Å²) in [6, 6.07) is 1.99. The van der Waals surface area contributed by atoms with Crippen LogP contribution in [0.2, 0.25) is 0 Å². The van der Waals surface area contributed by atoms with Gasteiger partial charge in [-0.05, 0) is 37.7 Å². The first-order valence-corrected chi connectivity index (χ1v) is 10.6. The number of nitrogens with zero attached hydrogens (tertiary/aromatic N) is 5. The predicted octanol–water partition coefficient (Wildman–Crippen LogP) is 2.24. The molecule has 0 radical (unpaired) electrons. The third-order valence-electron chi connectivity index (χ3n) is 5.77. The normalized spacial score (nSPS) is 19.6. The minimum Gasteiger partial charge on any atom is -0.351 e. The first-order valence-electron chi connectivity index (χ1n) is 9.75. The predicted molar refractivity (Wildman–Crippen MR) is 108 cm³/mol. The van der Waals surface area contributed by atoms with Crippen molar-refractivity contribution in [2.75, 3.05) is 36.5 Å². The molecule has 5 rings (SSSR count). The van der Waals surface area contributed by atoms with Crippen LogP contribution in [0, 0.1) is 12.8 Å². The lowest BCUT2D eigenvalue weighted by Gasteiger charge is -2.28. The Balaban J connectivity index is 1.54. The highest BCUT2D eigenvalue weighted by Crippen LogP contribution is 2.43. The number of hydrogen-bond acceptors (Lipinski definition) is 6. The molecule has 0 N–H and O–H groups in total. The number of carbonyl (C=O) groups excluding carboxylic acids is 2. The Labute approximate surface area is 168 Å². The van der Waals surface area contributed by atoms with Crippen LogP contribution in [0.3, 0.4) is 0 Å². The van der Waals surface area contributed by atoms with Crippen molar-refractivity contribution >= 4 is 34.0 Å². The molecule has 1 fully saturated rings. The Kier molecular flexibility index (Phi) is 4.12. The average molecular weight is 398 g/mol. The Morgan fingerprint density at radius 2 is 2.04 bits per heavy atom. The fraction of sp³-hybridized carbons (Fsp3) is 0.500. The smallest absolute Gasteiger partial charge is 0.257 e. The van der Waals surface area contributed by atoms with E-state index in [1.54, 1.807) is 29.6 Å². The lowest BCUT2D eigenvalue weighted by molar-refractivity contribution is -0.119. The number of fused-ring (bicyclic) bond motifs is 3. The third-order valence-corrected chi connectivity index (χ3v) is 7.01. The number of anilines is 2. The lowest BCUT2D eigenvalue weighted by Crippen LogP contribution is -2.38. The SMILES string of the molecule is Cc1cc(N2CCc3c(sc4c3C(=O)N(C)CC(=O)N4CC3CC3)C2)ncn1. The highest BCUT2D eigenvalue weighted by Gasteiger charge is 2.38. The molecule has 4 heterocycles. The summed E-state index contributed by atoms with van der Waals surface area (Å²) in [5.74, 6) is 1.50. The number of likely N-dealkylation sites (N-methyl/N-ethyl adjacent to an activating group) is 1. The number of amides is 2. The van der Waals surface area contributed by atoms with Crippen molar-refractivity contribution in [3.8, 4) is 0 Å². The van der Waals surface area contributed by atoms with E-state index in [9.17, 15) is 9.59 Å². The summed E-state index contributed by atoms with van der Waals surface area (Å²) in [5, 5.41) is 0.858. The molecule has 0 bridgehead atoms. The van der Waals surface area contributed by atoms with E-state index in [0.29, 0.717) is 12.5 Å². The molecule has 0 aromatic carbocycles. The van der Waals surface area contributed by atoms with E-state index in [4.69, 9.17) is 0 Å². The van der Waals surface area contributed by atoms with Crippen molar-refractivity contribution in [2.24, 2.45) is 5.92 Å². The molecule has 2 aromatic rings. The van der Waals surface area contributed by atoms with Crippen LogP contribution in [0.25, 0.3) is 0 Å². The Morgan fingerprint density at radius 1 is 1.21 bits per heavy atom. The van der Waals surface area contributed by atoms with Gasteiger partial charge < -0.3 is 14.7 Å². The van der Waals surface area contributed by atoms with E-state index in [1.807, 2.05) is 17.9 Å². The molecule has 28 heavy (non-hydrogen) atoms. The van der Waals surface area contributed by atoms with Gasteiger partial charge in [0.1, 0.15) is 23.7 Å². The molecular formula is C20H23N5O2S. The van der Waals surface area contributed by atoms with Gasteiger partial charge in [-0.1, -0.05) is 0 Å². The van der Waals surface area contributed by atoms with Crippen molar-refractivity contribution in [1.82, 2.24) is 14.9 Å². The minimum atomic E-state index is -0.0227. The fourth-order valence-electron chi connectivity index (χ4n) is 4.02. The molecule has 2 aliphatic heterocycles. The van der Waals surface area contributed by atoms with Crippen molar-refractivity contribution in [3.05, 3.63) is 34.1 Å². The van der Waals surface area contributed by atoms with Gasteiger partial charge in [0.25, 0.3) is 5.91 Å². The summed E-state index contributed by atoms with van der Waals surface area (Å²) in [7, 11) is 1.73. The molecule has 146 valence electrons. The van der Waals surface area contributed by atoms with Crippen LogP contribution in [0.15, 0.2) is 12.4 Å². The second kappa shape index (κ2) is 6.55. The molecular weight excluding hydrogens is 374 g/mol. The van der Waals surface area contributed by atoms with E-state index in [0.717, 1.165) is 47.2 Å². The van der Waals surface area contributed by atoms with Crippen molar-refractivity contribution < 1.29 is 9.59 Å². The largest absolute Gasteiger partial charge is 0.351 e. The maximum absolute atomic E-state index is 13.1. The molecule has 1 aliphatic carbocycles. The number of aromatic nitrogens is 2. The van der Waals surface area contributed by atoms with Crippen LogP contribution < -0.4 is 9.80 Å². The number of hydrogen-bond donors (Lipinski definition) is 0. The second-order valence-electron chi connectivity index (χ2n) is 7.98. The van der Waals surface area contributed by atoms with E-state index in [2.05, 4.69) is 14.9 Å². The number of thiophene rings is 1. The quantitative estimate of drug-likeness (QED) is 0.794. The summed E-state index contributed by atoms with van der Waals surface area (Å²) in [4.78, 5) is 41.4. The van der Waals surface area contributed by atoms with Gasteiger partial charge in [-0.25, -0.2) is 9.97 Å². The Morgan fingerprint density at radius 3 is 2.79 bits per heavy atom. The van der Waals surface area contributed by atoms with Gasteiger partial charge in [0, 0.05) is 36.8 Å². The van der Waals surface area contributed by atoms with Gasteiger partial charge in [0.15, 0.2) is 0 Å². The van der Waals surface area contributed by atoms with Crippen LogP contribution in [0.1, 0.15) is 39.3 Å². The average Bonchev–Trinajstić information content (AvgIpc) is 3.43. The van der Waals surface area contributed by atoms with Crippen LogP contribution in [0.5, 0.6) is 0 Å². The molecule has 7 nitrogen and oxygen atoms in total. The number of carbonyl (C=O) groups is 2. The third kappa shape index (κ3) is 2.96. The topological polar surface area (TPSA) is 69.6 Å². The van der Waals surface area contributed by atoms with Crippen molar-refractivity contribution in [2.45, 2.75) is 32.7 Å². The summed E-state index contributed by atoms with van der Waals surface area (Å²) >= 11 is 1.61. The maximum atomic E-state index is 13.1. The van der Waals surface area contributed by atoms with Gasteiger partial charge in [0.2, 0.25) is 5.91 Å². The van der Waals surface area contributed by atoms with Crippen LogP contribution >= 0.6 is 11.3 Å². The number of aryl methyl sites for hydroxylation is 1. The van der Waals surface area contributed by atoms with Gasteiger partial charge in [-0.15, -0.1) is 11.3 Å². The molecule has 8 heteroatoms. The highest BCUT2D eigenvalue weighted by molar-refractivity contribution is 7.17. The molecule has 0 atom stereocenters. The highest BCUT2D eigenvalue weighted by atomic mass is 32.1. The minimum absolute atomic E-state index is 0.0227. The van der Waals surface area contributed by atoms with Gasteiger partial charge in [0.05, 0.1) is 12.1 Å². The monoisotopic (exact) mass is 397 g/mol. The fourth-order valence-corrected chi connectivity index (χ4v) is 5.40. The molecule has 2 aromatic heterocycles. The zero-order valence-electron chi connectivity index (χ0n) is 16.1. The van der Waals surface area contributed by atoms with E-state index >= 15 is 0 Å². The first kappa shape index (κ1) is 17.6. The molecule has 0 saturated heterocycles. The van der Waals surface area contributed by atoms with Crippen molar-refractivity contribution in [1.29, 1.82) is 0 Å². The zero-order chi connectivity index (χ0) is 19.4. The lowest BCUT2D eigenvalue weighted by atomic mass is 10.0. The molecule has 1 saturated carbocycles. The van der Waals surface area contributed by atoms with E-state index < -0.39 is 0 Å². The van der Waals surface area contributed by atoms with E-state index in [-0.39, 0.29) is 18.4 Å². The van der Waals surface area contributed by atoms with Gasteiger partial charge in [-0.2, -0.15) is 0 Å². The molecule has 2 amide bonds.